The first-order chi connectivity index (χ1) is 10.6. The Bertz CT molecular complexity index is 452. The molecule has 2 N–H and O–H groups in total. The lowest BCUT2D eigenvalue weighted by Crippen LogP contribution is -2.17. The van der Waals surface area contributed by atoms with Crippen LogP contribution in [0.5, 0.6) is 11.5 Å². The first-order valence-corrected chi connectivity index (χ1v) is 8.41. The van der Waals surface area contributed by atoms with E-state index in [9.17, 15) is 9.90 Å². The van der Waals surface area contributed by atoms with Gasteiger partial charge in [-0.1, -0.05) is 50.8 Å². The van der Waals surface area contributed by atoms with Crippen molar-refractivity contribution in [3.8, 4) is 11.5 Å². The standard InChI is InChI=1S/C17H27NO3S/c1-21-16-13-14(10-11-15(16)19)9-7-5-3-2-4-6-8-12-18-17(20)22/h10-11,13,19H,2-9,12H2,1H3,(H2,18,20,22). The molecule has 0 aliphatic carbocycles. The van der Waals surface area contributed by atoms with E-state index >= 15 is 0 Å². The molecule has 0 aliphatic heterocycles. The van der Waals surface area contributed by atoms with Crippen molar-refractivity contribution in [1.29, 1.82) is 0 Å². The number of amides is 1. The maximum absolute atomic E-state index is 10.6. The zero-order valence-electron chi connectivity index (χ0n) is 13.3. The van der Waals surface area contributed by atoms with Crippen molar-refractivity contribution in [2.45, 2.75) is 51.4 Å². The van der Waals surface area contributed by atoms with E-state index in [4.69, 9.17) is 4.74 Å². The summed E-state index contributed by atoms with van der Waals surface area (Å²) < 4.78 is 5.11. The summed E-state index contributed by atoms with van der Waals surface area (Å²) in [6, 6.07) is 5.55. The smallest absolute Gasteiger partial charge is 0.275 e. The highest BCUT2D eigenvalue weighted by atomic mass is 32.1. The van der Waals surface area contributed by atoms with E-state index in [0.29, 0.717) is 5.75 Å². The van der Waals surface area contributed by atoms with Gasteiger partial charge in [0.05, 0.1) is 7.11 Å². The van der Waals surface area contributed by atoms with Gasteiger partial charge in [-0.3, -0.25) is 4.79 Å². The predicted molar refractivity (Wildman–Crippen MR) is 93.1 cm³/mol. The van der Waals surface area contributed by atoms with Gasteiger partial charge >= 0.3 is 0 Å². The molecule has 0 bridgehead atoms. The Morgan fingerprint density at radius 2 is 1.77 bits per heavy atom. The van der Waals surface area contributed by atoms with Crippen molar-refractivity contribution in [3.05, 3.63) is 23.8 Å². The molecule has 0 saturated carbocycles. The molecule has 1 aromatic rings. The van der Waals surface area contributed by atoms with Crippen LogP contribution in [0.25, 0.3) is 0 Å². The maximum atomic E-state index is 10.6. The summed E-state index contributed by atoms with van der Waals surface area (Å²) in [7, 11) is 1.57. The number of ether oxygens (including phenoxy) is 1. The highest BCUT2D eigenvalue weighted by Gasteiger charge is 2.02. The van der Waals surface area contributed by atoms with E-state index in [0.717, 1.165) is 32.2 Å². The first-order valence-electron chi connectivity index (χ1n) is 7.96. The SMILES string of the molecule is COc1cc(CCCCCCCCCNC(=O)S)ccc1O. The molecule has 1 rings (SSSR count). The van der Waals surface area contributed by atoms with Gasteiger partial charge < -0.3 is 15.2 Å². The number of hydrogen-bond donors (Lipinski definition) is 3. The summed E-state index contributed by atoms with van der Waals surface area (Å²) in [5, 5.41) is 12.0. The zero-order chi connectivity index (χ0) is 16.2. The average Bonchev–Trinajstić information content (AvgIpc) is 2.50. The number of aryl methyl sites for hydroxylation is 1. The third-order valence-electron chi connectivity index (χ3n) is 3.66. The van der Waals surface area contributed by atoms with Gasteiger partial charge in [-0.2, -0.15) is 0 Å². The molecule has 0 saturated heterocycles. The van der Waals surface area contributed by atoms with E-state index < -0.39 is 0 Å². The van der Waals surface area contributed by atoms with Crippen LogP contribution in [-0.2, 0) is 6.42 Å². The van der Waals surface area contributed by atoms with Crippen LogP contribution in [0.2, 0.25) is 0 Å². The van der Waals surface area contributed by atoms with Gasteiger partial charge in [-0.25, -0.2) is 0 Å². The first kappa shape index (κ1) is 18.7. The van der Waals surface area contributed by atoms with Crippen LogP contribution in [0.1, 0.15) is 50.5 Å². The summed E-state index contributed by atoms with van der Waals surface area (Å²) in [4.78, 5) is 10.6. The van der Waals surface area contributed by atoms with Crippen molar-refractivity contribution in [3.63, 3.8) is 0 Å². The van der Waals surface area contributed by atoms with Gasteiger partial charge in [0.15, 0.2) is 11.5 Å². The number of carbonyl (C=O) groups is 1. The van der Waals surface area contributed by atoms with Crippen LogP contribution in [0.3, 0.4) is 0 Å². The molecule has 1 amide bonds. The van der Waals surface area contributed by atoms with E-state index in [1.807, 2.05) is 12.1 Å². The summed E-state index contributed by atoms with van der Waals surface area (Å²) in [6.45, 7) is 0.727. The number of aromatic hydroxyl groups is 1. The minimum Gasteiger partial charge on any atom is -0.504 e. The number of nitrogens with one attached hydrogen (secondary N) is 1. The molecule has 5 heteroatoms. The summed E-state index contributed by atoms with van der Waals surface area (Å²) in [5.41, 5.74) is 1.21. The van der Waals surface area contributed by atoms with Crippen LogP contribution in [-0.4, -0.2) is 24.0 Å². The van der Waals surface area contributed by atoms with Crippen LogP contribution in [0, 0.1) is 0 Å². The number of phenols is 1. The van der Waals surface area contributed by atoms with Crippen molar-refractivity contribution in [1.82, 2.24) is 5.32 Å². The second kappa shape index (κ2) is 11.2. The van der Waals surface area contributed by atoms with Crippen LogP contribution >= 0.6 is 12.6 Å². The number of rotatable bonds is 11. The fraction of sp³-hybridized carbons (Fsp3) is 0.588. The highest BCUT2D eigenvalue weighted by Crippen LogP contribution is 2.27. The van der Waals surface area contributed by atoms with Gasteiger partial charge in [0.2, 0.25) is 0 Å². The van der Waals surface area contributed by atoms with Gasteiger partial charge in [-0.15, -0.1) is 0 Å². The third-order valence-corrected chi connectivity index (χ3v) is 3.82. The van der Waals surface area contributed by atoms with Gasteiger partial charge in [0, 0.05) is 6.54 Å². The topological polar surface area (TPSA) is 58.6 Å². The van der Waals surface area contributed by atoms with Gasteiger partial charge in [0.1, 0.15) is 0 Å². The number of carbonyl (C=O) groups excluding carboxylic acids is 1. The number of thiol groups is 1. The van der Waals surface area contributed by atoms with Crippen LogP contribution < -0.4 is 10.1 Å². The summed E-state index contributed by atoms with van der Waals surface area (Å²) in [5.74, 6) is 0.742. The van der Waals surface area contributed by atoms with Gasteiger partial charge in [-0.05, 0) is 37.0 Å². The van der Waals surface area contributed by atoms with E-state index in [-0.39, 0.29) is 11.0 Å². The number of benzene rings is 1. The van der Waals surface area contributed by atoms with Crippen LogP contribution in [0.4, 0.5) is 4.79 Å². The Kier molecular flexibility index (Phi) is 9.55. The lowest BCUT2D eigenvalue weighted by Gasteiger charge is -2.07. The molecule has 0 fully saturated rings. The summed E-state index contributed by atoms with van der Waals surface area (Å²) in [6.07, 6.45) is 9.28. The van der Waals surface area contributed by atoms with Crippen molar-refractivity contribution in [2.24, 2.45) is 0 Å². The molecular weight excluding hydrogens is 298 g/mol. The molecule has 0 unspecified atom stereocenters. The average molecular weight is 325 g/mol. The molecule has 1 aromatic carbocycles. The Morgan fingerprint density at radius 1 is 1.14 bits per heavy atom. The Labute approximate surface area is 138 Å². The predicted octanol–water partition coefficient (Wildman–Crippen LogP) is 4.31. The minimum atomic E-state index is -0.245. The largest absolute Gasteiger partial charge is 0.504 e. The van der Waals surface area contributed by atoms with Crippen molar-refractivity contribution in [2.75, 3.05) is 13.7 Å². The second-order valence-electron chi connectivity index (χ2n) is 5.46. The van der Waals surface area contributed by atoms with Crippen molar-refractivity contribution >= 4 is 17.9 Å². The van der Waals surface area contributed by atoms with E-state index in [2.05, 4.69) is 17.9 Å². The fourth-order valence-electron chi connectivity index (χ4n) is 2.41. The Balaban J connectivity index is 2.00. The molecule has 0 spiro atoms. The minimum absolute atomic E-state index is 0.195. The monoisotopic (exact) mass is 325 g/mol. The normalized spacial score (nSPS) is 10.5. The zero-order valence-corrected chi connectivity index (χ0v) is 14.2. The number of hydrogen-bond acceptors (Lipinski definition) is 3. The Hall–Kier alpha value is -1.36. The van der Waals surface area contributed by atoms with Crippen molar-refractivity contribution < 1.29 is 14.6 Å². The lowest BCUT2D eigenvalue weighted by molar-refractivity contribution is 0.261. The lowest BCUT2D eigenvalue weighted by atomic mass is 10.0. The molecule has 0 aromatic heterocycles. The van der Waals surface area contributed by atoms with E-state index in [1.54, 1.807) is 13.2 Å². The highest BCUT2D eigenvalue weighted by molar-refractivity contribution is 7.96. The molecule has 22 heavy (non-hydrogen) atoms. The molecule has 0 radical (unpaired) electrons. The summed E-state index contributed by atoms with van der Waals surface area (Å²) >= 11 is 3.66. The molecule has 0 atom stereocenters. The van der Waals surface area contributed by atoms with E-state index in [1.165, 1.54) is 31.2 Å². The number of methoxy groups -OCH3 is 1. The molecular formula is C17H27NO3S. The maximum Gasteiger partial charge on any atom is 0.275 e. The Morgan fingerprint density at radius 3 is 2.41 bits per heavy atom. The third kappa shape index (κ3) is 8.17. The molecule has 4 nitrogen and oxygen atoms in total. The molecule has 0 aliphatic rings. The fourth-order valence-corrected chi connectivity index (χ4v) is 2.52. The second-order valence-corrected chi connectivity index (χ2v) is 5.87. The van der Waals surface area contributed by atoms with Gasteiger partial charge in [0.25, 0.3) is 5.24 Å². The number of unbranched alkanes of at least 4 members (excludes halogenated alkanes) is 6. The molecule has 0 heterocycles. The number of phenolic OH excluding ortho intramolecular Hbond substituents is 1. The molecule has 124 valence electrons. The van der Waals surface area contributed by atoms with Crippen LogP contribution in [0.15, 0.2) is 18.2 Å². The quantitative estimate of drug-likeness (QED) is 0.419.